The predicted molar refractivity (Wildman–Crippen MR) is 306 cm³/mol. The SMILES string of the molecule is CC(C)(C)c1ccc(N(c2ccc(C(C)(C)C)cc2)c2ccc3c(c2)N(c2cccc4c2oc2ccccc24)c2cc(C(C)(C)C)cc4c2B3c2nc3ccc(C(C)(C)C)cn3c2N4c2ccccc2)cc1. The standard InChI is InChI=1S/C65H64BN5O/c1-62(2,3)41-25-30-46(31-26-41)69(47-32-27-42(28-33-47)63(4,5)6)48-34-35-51-53(39-48)71(52-23-18-22-50-49-21-16-17-24-56(49)72-59(50)52)55-38-44(65(10,11)12)37-54-58(55)66(51)60-61(70(54)45-19-14-13-15-20-45)68-40-43(64(7,8)9)29-36-57(68)67-60/h13-40H,1-12H3. The van der Waals surface area contributed by atoms with Crippen LogP contribution >= 0.6 is 0 Å². The van der Waals surface area contributed by atoms with E-state index in [0.29, 0.717) is 0 Å². The van der Waals surface area contributed by atoms with Crippen LogP contribution < -0.4 is 31.2 Å². The maximum absolute atomic E-state index is 7.00. The number of aromatic nitrogens is 2. The highest BCUT2D eigenvalue weighted by Gasteiger charge is 2.47. The van der Waals surface area contributed by atoms with E-state index in [1.807, 2.05) is 0 Å². The predicted octanol–water partition coefficient (Wildman–Crippen LogP) is 16.0. The van der Waals surface area contributed by atoms with Gasteiger partial charge in [-0.2, -0.15) is 0 Å². The van der Waals surface area contributed by atoms with E-state index in [2.05, 4.69) is 272 Å². The van der Waals surface area contributed by atoms with Crippen LogP contribution in [0.4, 0.5) is 51.3 Å². The van der Waals surface area contributed by atoms with Gasteiger partial charge < -0.3 is 14.2 Å². The fraction of sp³-hybridized carbons (Fsp3) is 0.246. The normalized spacial score (nSPS) is 13.8. The van der Waals surface area contributed by atoms with E-state index in [9.17, 15) is 0 Å². The Morgan fingerprint density at radius 2 is 1.01 bits per heavy atom. The Morgan fingerprint density at radius 1 is 0.458 bits per heavy atom. The van der Waals surface area contributed by atoms with Crippen molar-refractivity contribution in [2.24, 2.45) is 0 Å². The van der Waals surface area contributed by atoms with Crippen LogP contribution in [-0.4, -0.2) is 16.1 Å². The van der Waals surface area contributed by atoms with Gasteiger partial charge in [-0.15, -0.1) is 0 Å². The molecule has 10 aromatic rings. The average Bonchev–Trinajstić information content (AvgIpc) is 3.92. The van der Waals surface area contributed by atoms with Crippen molar-refractivity contribution in [2.75, 3.05) is 14.7 Å². The van der Waals surface area contributed by atoms with E-state index in [4.69, 9.17) is 9.40 Å². The molecular formula is C65H64BN5O. The van der Waals surface area contributed by atoms with Gasteiger partial charge >= 0.3 is 0 Å². The Bertz CT molecular complexity index is 3690. The molecule has 2 aliphatic heterocycles. The van der Waals surface area contributed by atoms with E-state index in [1.54, 1.807) is 0 Å². The molecule has 0 N–H and O–H groups in total. The van der Waals surface area contributed by atoms with Gasteiger partial charge in [-0.1, -0.05) is 168 Å². The highest BCUT2D eigenvalue weighted by atomic mass is 16.3. The summed E-state index contributed by atoms with van der Waals surface area (Å²) in [6.07, 6.45) is 2.33. The molecule has 7 heteroatoms. The molecule has 12 rings (SSSR count). The Hall–Kier alpha value is -7.51. The second kappa shape index (κ2) is 16.0. The van der Waals surface area contributed by atoms with Crippen LogP contribution in [0.2, 0.25) is 0 Å². The van der Waals surface area contributed by atoms with E-state index in [1.165, 1.54) is 33.2 Å². The Morgan fingerprint density at radius 3 is 1.64 bits per heavy atom. The summed E-state index contributed by atoms with van der Waals surface area (Å²) >= 11 is 0. The molecule has 0 bridgehead atoms. The number of furan rings is 1. The lowest BCUT2D eigenvalue weighted by atomic mass is 9.35. The van der Waals surface area contributed by atoms with Crippen LogP contribution in [0.3, 0.4) is 0 Å². The van der Waals surface area contributed by atoms with Gasteiger partial charge in [-0.3, -0.25) is 9.30 Å². The summed E-state index contributed by atoms with van der Waals surface area (Å²) in [4.78, 5) is 13.1. The quantitative estimate of drug-likeness (QED) is 0.161. The number of hydrogen-bond acceptors (Lipinski definition) is 5. The first kappa shape index (κ1) is 45.6. The summed E-state index contributed by atoms with van der Waals surface area (Å²) in [5.74, 6) is 1.07. The lowest BCUT2D eigenvalue weighted by Gasteiger charge is -2.44. The minimum atomic E-state index is -0.197. The van der Waals surface area contributed by atoms with Gasteiger partial charge in [0, 0.05) is 56.8 Å². The zero-order chi connectivity index (χ0) is 50.2. The largest absolute Gasteiger partial charge is 0.454 e. The second-order valence-electron chi connectivity index (χ2n) is 24.3. The molecule has 0 aliphatic carbocycles. The first-order chi connectivity index (χ1) is 34.2. The van der Waals surface area contributed by atoms with Gasteiger partial charge in [0.2, 0.25) is 0 Å². The Balaban J connectivity index is 1.19. The number of anilines is 9. The molecule has 5 heterocycles. The molecule has 0 unspecified atom stereocenters. The summed E-state index contributed by atoms with van der Waals surface area (Å²) < 4.78 is 9.36. The van der Waals surface area contributed by atoms with Gasteiger partial charge in [-0.05, 0) is 134 Å². The molecule has 0 fully saturated rings. The summed E-state index contributed by atoms with van der Waals surface area (Å²) in [5.41, 5.74) is 19.6. The number of hydrogen-bond donors (Lipinski definition) is 0. The average molecular weight is 942 g/mol. The molecule has 6 nitrogen and oxygen atoms in total. The van der Waals surface area contributed by atoms with Gasteiger partial charge in [0.15, 0.2) is 5.58 Å². The van der Waals surface area contributed by atoms with Crippen molar-refractivity contribution in [2.45, 2.75) is 105 Å². The molecule has 358 valence electrons. The molecule has 7 aromatic carbocycles. The third kappa shape index (κ3) is 7.34. The van der Waals surface area contributed by atoms with E-state index >= 15 is 0 Å². The molecule has 0 atom stereocenters. The van der Waals surface area contributed by atoms with Gasteiger partial charge in [0.1, 0.15) is 17.0 Å². The number of benzene rings is 7. The number of fused-ring (bicyclic) bond motifs is 9. The molecule has 72 heavy (non-hydrogen) atoms. The number of para-hydroxylation sites is 3. The second-order valence-corrected chi connectivity index (χ2v) is 24.3. The summed E-state index contributed by atoms with van der Waals surface area (Å²) in [6, 6.07) is 60.8. The van der Waals surface area contributed by atoms with Crippen LogP contribution in [0, 0.1) is 0 Å². The summed E-state index contributed by atoms with van der Waals surface area (Å²) in [5, 5.41) is 2.19. The minimum Gasteiger partial charge on any atom is -0.454 e. The topological polar surface area (TPSA) is 40.2 Å². The highest BCUT2D eigenvalue weighted by Crippen LogP contribution is 2.50. The Labute approximate surface area is 425 Å². The first-order valence-corrected chi connectivity index (χ1v) is 25.7. The van der Waals surface area contributed by atoms with Crippen LogP contribution in [-0.2, 0) is 21.7 Å². The third-order valence-electron chi connectivity index (χ3n) is 15.2. The molecule has 2 aliphatic rings. The van der Waals surface area contributed by atoms with Crippen molar-refractivity contribution < 1.29 is 4.42 Å². The molecular weight excluding hydrogens is 878 g/mol. The van der Waals surface area contributed by atoms with Crippen molar-refractivity contribution in [3.63, 3.8) is 0 Å². The highest BCUT2D eigenvalue weighted by molar-refractivity contribution is 7.00. The van der Waals surface area contributed by atoms with Crippen molar-refractivity contribution in [3.05, 3.63) is 192 Å². The molecule has 3 aromatic heterocycles. The Kier molecular flexibility index (Phi) is 10.1. The van der Waals surface area contributed by atoms with Crippen molar-refractivity contribution in [3.8, 4) is 0 Å². The number of rotatable bonds is 5. The lowest BCUT2D eigenvalue weighted by Crippen LogP contribution is -2.62. The van der Waals surface area contributed by atoms with Crippen LogP contribution in [0.25, 0.3) is 27.6 Å². The molecule has 0 radical (unpaired) electrons. The van der Waals surface area contributed by atoms with Crippen LogP contribution in [0.15, 0.2) is 174 Å². The smallest absolute Gasteiger partial charge is 0.277 e. The van der Waals surface area contributed by atoms with Crippen LogP contribution in [0.1, 0.15) is 105 Å². The summed E-state index contributed by atoms with van der Waals surface area (Å²) in [6.45, 7) is 27.3. The van der Waals surface area contributed by atoms with Gasteiger partial charge in [0.05, 0.1) is 11.3 Å². The van der Waals surface area contributed by atoms with Crippen LogP contribution in [0.5, 0.6) is 0 Å². The van der Waals surface area contributed by atoms with Crippen molar-refractivity contribution in [1.82, 2.24) is 9.38 Å². The third-order valence-corrected chi connectivity index (χ3v) is 15.2. The number of pyridine rings is 1. The fourth-order valence-corrected chi connectivity index (χ4v) is 11.1. The maximum atomic E-state index is 7.00. The fourth-order valence-electron chi connectivity index (χ4n) is 11.1. The molecule has 0 saturated heterocycles. The van der Waals surface area contributed by atoms with E-state index < -0.39 is 0 Å². The van der Waals surface area contributed by atoms with Crippen molar-refractivity contribution in [1.29, 1.82) is 0 Å². The minimum absolute atomic E-state index is 0.0149. The van der Waals surface area contributed by atoms with E-state index in [-0.39, 0.29) is 28.4 Å². The number of nitrogens with zero attached hydrogens (tertiary/aromatic N) is 5. The maximum Gasteiger partial charge on any atom is 0.277 e. The van der Waals surface area contributed by atoms with Crippen molar-refractivity contribution >= 4 is 102 Å². The first-order valence-electron chi connectivity index (χ1n) is 25.7. The number of imidazole rings is 1. The summed E-state index contributed by atoms with van der Waals surface area (Å²) in [7, 11) is 0. The lowest BCUT2D eigenvalue weighted by molar-refractivity contribution is 0.586. The zero-order valence-corrected chi connectivity index (χ0v) is 43.9. The van der Waals surface area contributed by atoms with Gasteiger partial charge in [-0.25, -0.2) is 4.98 Å². The molecule has 0 saturated carbocycles. The monoisotopic (exact) mass is 942 g/mol. The van der Waals surface area contributed by atoms with E-state index in [0.717, 1.165) is 84.5 Å². The van der Waals surface area contributed by atoms with Gasteiger partial charge in [0.25, 0.3) is 6.71 Å². The zero-order valence-electron chi connectivity index (χ0n) is 43.9. The molecule has 0 spiro atoms. The molecule has 0 amide bonds.